The minimum atomic E-state index is -0.528. The topological polar surface area (TPSA) is 74.4 Å². The number of hydrogen-bond donors (Lipinski definition) is 2. The van der Waals surface area contributed by atoms with Gasteiger partial charge in [0.15, 0.2) is 0 Å². The van der Waals surface area contributed by atoms with Gasteiger partial charge in [-0.3, -0.25) is 0 Å². The van der Waals surface area contributed by atoms with Crippen LogP contribution < -0.4 is 0 Å². The number of hydrogen-bond acceptors (Lipinski definition) is 5. The summed E-state index contributed by atoms with van der Waals surface area (Å²) in [6.45, 7) is 9.66. The van der Waals surface area contributed by atoms with Gasteiger partial charge >= 0.3 is 0 Å². The maximum Gasteiger partial charge on any atom is 0.0850 e. The molecule has 0 amide bonds. The fraction of sp³-hybridized carbons (Fsp3) is 0.895. The molecule has 6 heteroatoms. The number of aromatic nitrogens is 3. The highest BCUT2D eigenvalue weighted by Gasteiger charge is 2.22. The van der Waals surface area contributed by atoms with Crippen LogP contribution in [0.25, 0.3) is 0 Å². The van der Waals surface area contributed by atoms with E-state index in [0.717, 1.165) is 50.4 Å². The fourth-order valence-corrected chi connectivity index (χ4v) is 3.56. The molecule has 6 nitrogen and oxygen atoms in total. The quantitative estimate of drug-likeness (QED) is 0.676. The fourth-order valence-electron chi connectivity index (χ4n) is 3.56. The number of likely N-dealkylation sites (tertiary alicyclic amines) is 1. The third kappa shape index (κ3) is 7.42. The molecule has 0 aromatic carbocycles. The Labute approximate surface area is 152 Å². The molecule has 0 spiro atoms. The molecule has 1 saturated heterocycles. The van der Waals surface area contributed by atoms with E-state index >= 15 is 0 Å². The van der Waals surface area contributed by atoms with Gasteiger partial charge in [0.05, 0.1) is 17.3 Å². The minimum Gasteiger partial charge on any atom is -0.396 e. The molecule has 2 N–H and O–H groups in total. The van der Waals surface area contributed by atoms with Crippen LogP contribution in [-0.2, 0) is 6.42 Å². The predicted octanol–water partition coefficient (Wildman–Crippen LogP) is 2.42. The van der Waals surface area contributed by atoms with Gasteiger partial charge in [-0.2, -0.15) is 0 Å². The van der Waals surface area contributed by atoms with E-state index in [-0.39, 0.29) is 6.61 Å². The van der Waals surface area contributed by atoms with E-state index in [2.05, 4.69) is 22.1 Å². The van der Waals surface area contributed by atoms with Gasteiger partial charge in [-0.25, -0.2) is 4.68 Å². The van der Waals surface area contributed by atoms with Crippen molar-refractivity contribution in [3.05, 3.63) is 11.9 Å². The third-order valence-electron chi connectivity index (χ3n) is 5.28. The minimum absolute atomic E-state index is 0.130. The molecular formula is C19H36N4O2. The number of aliphatic hydroxyl groups excluding tert-OH is 1. The van der Waals surface area contributed by atoms with Crippen LogP contribution in [0.15, 0.2) is 6.20 Å². The summed E-state index contributed by atoms with van der Waals surface area (Å²) in [6, 6.07) is 0.445. The van der Waals surface area contributed by atoms with Gasteiger partial charge in [-0.15, -0.1) is 5.10 Å². The molecule has 2 rings (SSSR count). The van der Waals surface area contributed by atoms with Crippen LogP contribution in [0, 0.1) is 5.92 Å². The highest BCUT2D eigenvalue weighted by molar-refractivity contribution is 4.94. The Morgan fingerprint density at radius 3 is 2.64 bits per heavy atom. The summed E-state index contributed by atoms with van der Waals surface area (Å²) in [7, 11) is 0. The molecule has 0 saturated carbocycles. The molecule has 0 radical (unpaired) electrons. The predicted molar refractivity (Wildman–Crippen MR) is 99.5 cm³/mol. The third-order valence-corrected chi connectivity index (χ3v) is 5.28. The first-order valence-corrected chi connectivity index (χ1v) is 9.83. The van der Waals surface area contributed by atoms with Crippen LogP contribution in [0.3, 0.4) is 0 Å². The van der Waals surface area contributed by atoms with E-state index in [1.54, 1.807) is 0 Å². The van der Waals surface area contributed by atoms with Crippen molar-refractivity contribution < 1.29 is 10.2 Å². The maximum atomic E-state index is 9.78. The average molecular weight is 353 g/mol. The largest absolute Gasteiger partial charge is 0.396 e. The Morgan fingerprint density at radius 1 is 1.28 bits per heavy atom. The van der Waals surface area contributed by atoms with Crippen molar-refractivity contribution in [3.63, 3.8) is 0 Å². The van der Waals surface area contributed by atoms with Gasteiger partial charge in [-0.05, 0) is 52.0 Å². The summed E-state index contributed by atoms with van der Waals surface area (Å²) in [5.41, 5.74) is 0.352. The second-order valence-electron chi connectivity index (χ2n) is 8.33. The molecule has 2 heterocycles. The van der Waals surface area contributed by atoms with E-state index in [1.165, 1.54) is 19.4 Å². The second kappa shape index (κ2) is 9.64. The summed E-state index contributed by atoms with van der Waals surface area (Å²) in [5.74, 6) is 0.719. The van der Waals surface area contributed by atoms with Crippen LogP contribution >= 0.6 is 0 Å². The van der Waals surface area contributed by atoms with Crippen molar-refractivity contribution in [3.8, 4) is 0 Å². The zero-order valence-electron chi connectivity index (χ0n) is 16.2. The van der Waals surface area contributed by atoms with Crippen LogP contribution in [-0.4, -0.2) is 61.9 Å². The van der Waals surface area contributed by atoms with Crippen molar-refractivity contribution in [1.82, 2.24) is 19.9 Å². The lowest BCUT2D eigenvalue weighted by Gasteiger charge is -2.32. The first-order chi connectivity index (χ1) is 11.9. The first-order valence-electron chi connectivity index (χ1n) is 9.83. The van der Waals surface area contributed by atoms with E-state index in [1.807, 2.05) is 24.7 Å². The van der Waals surface area contributed by atoms with E-state index in [0.29, 0.717) is 12.5 Å². The van der Waals surface area contributed by atoms with E-state index < -0.39 is 5.60 Å². The summed E-state index contributed by atoms with van der Waals surface area (Å²) in [6.07, 6.45) is 9.25. The average Bonchev–Trinajstić information content (AvgIpc) is 3.01. The first kappa shape index (κ1) is 20.3. The molecule has 0 aliphatic carbocycles. The summed E-state index contributed by atoms with van der Waals surface area (Å²) >= 11 is 0. The maximum absolute atomic E-state index is 9.78. The molecule has 1 aliphatic rings. The molecule has 1 aromatic heterocycles. The summed E-state index contributed by atoms with van der Waals surface area (Å²) < 4.78 is 1.99. The van der Waals surface area contributed by atoms with Crippen LogP contribution in [0.4, 0.5) is 0 Å². The number of rotatable bonds is 10. The monoisotopic (exact) mass is 352 g/mol. The normalized spacial score (nSPS) is 18.6. The Hall–Kier alpha value is -0.980. The highest BCUT2D eigenvalue weighted by Crippen LogP contribution is 2.23. The van der Waals surface area contributed by atoms with Gasteiger partial charge in [0.25, 0.3) is 0 Å². The zero-order chi connectivity index (χ0) is 18.3. The number of piperidine rings is 1. The summed E-state index contributed by atoms with van der Waals surface area (Å²) in [4.78, 5) is 2.56. The molecule has 144 valence electrons. The molecule has 1 fully saturated rings. The van der Waals surface area contributed by atoms with Crippen molar-refractivity contribution in [2.24, 2.45) is 5.92 Å². The lowest BCUT2D eigenvalue weighted by Crippen LogP contribution is -2.36. The van der Waals surface area contributed by atoms with Crippen LogP contribution in [0.2, 0.25) is 0 Å². The Balaban J connectivity index is 1.63. The molecule has 1 aromatic rings. The SMILES string of the molecule is C[C@H](CCCC(C)(C)O)CCN1CCC(n2cc(CCO)nn2)CC1. The smallest absolute Gasteiger partial charge is 0.0850 e. The van der Waals surface area contributed by atoms with Crippen molar-refractivity contribution >= 4 is 0 Å². The molecular weight excluding hydrogens is 316 g/mol. The highest BCUT2D eigenvalue weighted by atomic mass is 16.3. The molecule has 25 heavy (non-hydrogen) atoms. The van der Waals surface area contributed by atoms with Crippen molar-refractivity contribution in [2.45, 2.75) is 77.4 Å². The van der Waals surface area contributed by atoms with Gasteiger partial charge in [0.2, 0.25) is 0 Å². The van der Waals surface area contributed by atoms with Crippen LogP contribution in [0.1, 0.15) is 71.0 Å². The van der Waals surface area contributed by atoms with Gasteiger partial charge < -0.3 is 15.1 Å². The Kier molecular flexibility index (Phi) is 7.84. The molecule has 0 bridgehead atoms. The van der Waals surface area contributed by atoms with E-state index in [9.17, 15) is 5.11 Å². The van der Waals surface area contributed by atoms with Gasteiger partial charge in [-0.1, -0.05) is 25.0 Å². The number of aliphatic hydroxyl groups is 2. The second-order valence-corrected chi connectivity index (χ2v) is 8.33. The molecule has 1 aliphatic heterocycles. The van der Waals surface area contributed by atoms with Gasteiger partial charge in [0, 0.05) is 32.3 Å². The lowest BCUT2D eigenvalue weighted by molar-refractivity contribution is 0.0666. The van der Waals surface area contributed by atoms with E-state index in [4.69, 9.17) is 5.11 Å². The summed E-state index contributed by atoms with van der Waals surface area (Å²) in [5, 5.41) is 27.1. The van der Waals surface area contributed by atoms with Crippen molar-refractivity contribution in [1.29, 1.82) is 0 Å². The zero-order valence-corrected chi connectivity index (χ0v) is 16.2. The standard InChI is InChI=1S/C19H36N4O2/c1-16(5-4-10-19(2,3)25)6-11-22-12-7-18(8-13-22)23-15-17(9-14-24)20-21-23/h15-16,18,24-25H,4-14H2,1-3H3/t16-/m1/s1. The number of nitrogens with zero attached hydrogens (tertiary/aromatic N) is 4. The molecule has 0 unspecified atom stereocenters. The van der Waals surface area contributed by atoms with Gasteiger partial charge in [0.1, 0.15) is 0 Å². The van der Waals surface area contributed by atoms with Crippen molar-refractivity contribution in [2.75, 3.05) is 26.2 Å². The lowest BCUT2D eigenvalue weighted by atomic mass is 9.95. The molecule has 1 atom stereocenters. The Morgan fingerprint density at radius 2 is 2.00 bits per heavy atom. The van der Waals surface area contributed by atoms with Crippen LogP contribution in [0.5, 0.6) is 0 Å². The Bertz CT molecular complexity index is 490.